The van der Waals surface area contributed by atoms with E-state index in [0.717, 1.165) is 11.5 Å². The number of halogens is 2. The molecule has 0 spiro atoms. The molecular formula is C16H12I2NO-. The fourth-order valence-corrected chi connectivity index (χ4v) is 6.30. The molecule has 2 aromatic rings. The van der Waals surface area contributed by atoms with E-state index >= 15 is 0 Å². The van der Waals surface area contributed by atoms with Crippen LogP contribution in [0.25, 0.3) is 0 Å². The first kappa shape index (κ1) is 13.9. The number of hydrogen-bond donors (Lipinski definition) is 0. The van der Waals surface area contributed by atoms with Gasteiger partial charge < -0.3 is 0 Å². The number of rotatable bonds is 4. The first-order valence-corrected chi connectivity index (χ1v) is 10.4. The number of hydrogen-bond acceptors (Lipinski definition) is 2. The summed E-state index contributed by atoms with van der Waals surface area (Å²) in [4.78, 5) is 0. The van der Waals surface area contributed by atoms with Crippen LogP contribution in [-0.4, -0.2) is 0 Å². The Bertz CT molecular complexity index is 678. The summed E-state index contributed by atoms with van der Waals surface area (Å²) in [5, 5.41) is 0. The molecule has 0 unspecified atom stereocenters. The molecule has 0 saturated heterocycles. The minimum atomic E-state index is -0.241. The van der Waals surface area contributed by atoms with E-state index in [1.165, 1.54) is 7.15 Å². The van der Waals surface area contributed by atoms with Crippen molar-refractivity contribution in [3.05, 3.63) is 78.1 Å². The molecule has 2 nitrogen and oxygen atoms in total. The van der Waals surface area contributed by atoms with Crippen LogP contribution < -0.4 is 25.9 Å². The first-order chi connectivity index (χ1) is 9.92. The predicted octanol–water partition coefficient (Wildman–Crippen LogP) is 2.26. The zero-order chi connectivity index (χ0) is 13.6. The Hall–Kier alpha value is -1.02. The van der Waals surface area contributed by atoms with Gasteiger partial charge in [0.15, 0.2) is 0 Å². The first-order valence-electron chi connectivity index (χ1n) is 6.08. The molecule has 2 aromatic carbocycles. The average Bonchev–Trinajstić information content (AvgIpc) is 2.51. The van der Waals surface area contributed by atoms with Gasteiger partial charge in [0.2, 0.25) is 0 Å². The van der Waals surface area contributed by atoms with Gasteiger partial charge in [-0.1, -0.05) is 0 Å². The molecule has 102 valence electrons. The van der Waals surface area contributed by atoms with Crippen LogP contribution in [0.3, 0.4) is 0 Å². The second-order valence-electron chi connectivity index (χ2n) is 3.94. The Morgan fingerprint density at radius 2 is 1.75 bits per heavy atom. The van der Waals surface area contributed by atoms with Crippen LogP contribution >= 0.6 is 21.0 Å². The molecule has 0 aliphatic carbocycles. The van der Waals surface area contributed by atoms with Crippen LogP contribution in [0.15, 0.2) is 77.7 Å². The van der Waals surface area contributed by atoms with Gasteiger partial charge in [0, 0.05) is 0 Å². The normalized spacial score (nSPS) is 13.7. The molecule has 0 aromatic heterocycles. The number of ether oxygens (including phenoxy) is 1. The Kier molecular flexibility index (Phi) is 4.96. The van der Waals surface area contributed by atoms with Crippen molar-refractivity contribution in [2.24, 2.45) is 3.15 Å². The summed E-state index contributed by atoms with van der Waals surface area (Å²) in [7, 11) is 0. The van der Waals surface area contributed by atoms with Gasteiger partial charge in [-0.25, -0.2) is 0 Å². The van der Waals surface area contributed by atoms with E-state index in [-0.39, 0.29) is 42.2 Å². The molecule has 0 bridgehead atoms. The van der Waals surface area contributed by atoms with Gasteiger partial charge in [0.25, 0.3) is 0 Å². The molecule has 0 saturated carbocycles. The Morgan fingerprint density at radius 3 is 2.55 bits per heavy atom. The van der Waals surface area contributed by atoms with Gasteiger partial charge in [0.05, 0.1) is 0 Å². The van der Waals surface area contributed by atoms with E-state index in [9.17, 15) is 0 Å². The second-order valence-corrected chi connectivity index (χ2v) is 8.72. The van der Waals surface area contributed by atoms with Gasteiger partial charge in [-0.2, -0.15) is 0 Å². The Labute approximate surface area is 139 Å². The zero-order valence-electron chi connectivity index (χ0n) is 10.5. The monoisotopic (exact) mass is 488 g/mol. The van der Waals surface area contributed by atoms with E-state index in [4.69, 9.17) is 4.74 Å². The van der Waals surface area contributed by atoms with Gasteiger partial charge in [0.1, 0.15) is 0 Å². The molecule has 3 rings (SSSR count). The summed E-state index contributed by atoms with van der Waals surface area (Å²) < 4.78 is 15.3. The number of para-hydroxylation sites is 2. The van der Waals surface area contributed by atoms with Crippen LogP contribution in [0.5, 0.6) is 11.5 Å². The van der Waals surface area contributed by atoms with Crippen molar-refractivity contribution < 1.29 is 25.9 Å². The van der Waals surface area contributed by atoms with Crippen molar-refractivity contribution >= 4 is 21.0 Å². The maximum atomic E-state index is 6.00. The Balaban J connectivity index is 1.83. The molecular weight excluding hydrogens is 476 g/mol. The molecule has 0 amide bonds. The maximum absolute atomic E-state index is 6.00. The van der Waals surface area contributed by atoms with Crippen LogP contribution in [0.1, 0.15) is 0 Å². The van der Waals surface area contributed by atoms with Gasteiger partial charge in [-0.3, -0.25) is 0 Å². The standard InChI is InChI=1S/C16H12I2NO/c1-2-6-14(7-3-1)20-16-9-5-4-8-15(16)18-13-10-11-17-19-12-13/h1-12H/q-1. The summed E-state index contributed by atoms with van der Waals surface area (Å²) >= 11 is -0.324. The molecule has 1 aliphatic rings. The van der Waals surface area contributed by atoms with E-state index in [1.54, 1.807) is 0 Å². The summed E-state index contributed by atoms with van der Waals surface area (Å²) in [6, 6.07) is 18.2. The van der Waals surface area contributed by atoms with Crippen molar-refractivity contribution in [3.63, 3.8) is 0 Å². The van der Waals surface area contributed by atoms with Gasteiger partial charge in [-0.05, 0) is 0 Å². The van der Waals surface area contributed by atoms with Gasteiger partial charge in [-0.15, -0.1) is 0 Å². The fourth-order valence-electron chi connectivity index (χ4n) is 1.63. The molecule has 0 N–H and O–H groups in total. The quantitative estimate of drug-likeness (QED) is 0.606. The second kappa shape index (κ2) is 7.12. The minimum absolute atomic E-state index is 0.0827. The Morgan fingerprint density at radius 1 is 0.950 bits per heavy atom. The molecule has 0 radical (unpaired) electrons. The average molecular weight is 488 g/mol. The van der Waals surface area contributed by atoms with Crippen molar-refractivity contribution in [2.75, 3.05) is 0 Å². The summed E-state index contributed by atoms with van der Waals surface area (Å²) in [6.07, 6.45) is 4.27. The van der Waals surface area contributed by atoms with E-state index in [2.05, 4.69) is 25.4 Å². The summed E-state index contributed by atoms with van der Waals surface area (Å²) in [6.45, 7) is 0. The van der Waals surface area contributed by atoms with Crippen LogP contribution in [0.2, 0.25) is 0 Å². The van der Waals surface area contributed by atoms with Crippen LogP contribution in [0.4, 0.5) is 0 Å². The van der Waals surface area contributed by atoms with Crippen molar-refractivity contribution in [1.29, 1.82) is 0 Å². The fraction of sp³-hybridized carbons (Fsp3) is 0. The molecule has 20 heavy (non-hydrogen) atoms. The van der Waals surface area contributed by atoms with E-state index < -0.39 is 0 Å². The molecule has 1 aliphatic heterocycles. The van der Waals surface area contributed by atoms with E-state index in [0.29, 0.717) is 0 Å². The number of benzene rings is 2. The number of nitrogens with zero attached hydrogens (tertiary/aromatic N) is 1. The topological polar surface area (TPSA) is 21.6 Å². The molecule has 0 atom stereocenters. The SMILES string of the molecule is C1=CC([I-]c2ccccc2Oc2ccccc2)=CN=I1. The van der Waals surface area contributed by atoms with Crippen molar-refractivity contribution in [3.8, 4) is 11.5 Å². The molecule has 4 heteroatoms. The third-order valence-corrected chi connectivity index (χ3v) is 6.54. The summed E-state index contributed by atoms with van der Waals surface area (Å²) in [5.41, 5.74) is 0. The molecule has 1 heterocycles. The zero-order valence-corrected chi connectivity index (χ0v) is 14.9. The van der Waals surface area contributed by atoms with E-state index in [1.807, 2.05) is 48.7 Å². The van der Waals surface area contributed by atoms with Crippen molar-refractivity contribution in [2.45, 2.75) is 0 Å². The molecule has 0 fully saturated rings. The van der Waals surface area contributed by atoms with Crippen LogP contribution in [-0.2, 0) is 0 Å². The number of allylic oxidation sites excluding steroid dienone is 2. The third kappa shape index (κ3) is 3.76. The van der Waals surface area contributed by atoms with Gasteiger partial charge >= 0.3 is 140 Å². The third-order valence-electron chi connectivity index (χ3n) is 2.53. The van der Waals surface area contributed by atoms with Crippen LogP contribution in [0, 0.1) is 3.57 Å². The van der Waals surface area contributed by atoms with Crippen molar-refractivity contribution in [1.82, 2.24) is 0 Å². The predicted molar refractivity (Wildman–Crippen MR) is 85.3 cm³/mol. The summed E-state index contributed by atoms with van der Waals surface area (Å²) in [5.74, 6) is 1.84.